The van der Waals surface area contributed by atoms with Gasteiger partial charge < -0.3 is 9.80 Å². The minimum atomic E-state index is 0.985. The molecule has 0 aromatic carbocycles. The SMILES string of the molecule is CN(C)CCCNNNCCCN(C)C. The molecule has 0 amide bonds. The number of nitrogens with one attached hydrogen (secondary N) is 3. The lowest BCUT2D eigenvalue weighted by Crippen LogP contribution is -2.44. The highest BCUT2D eigenvalue weighted by Crippen LogP contribution is 1.80. The predicted octanol–water partition coefficient (Wildman–Crippen LogP) is -0.511. The van der Waals surface area contributed by atoms with Crippen LogP contribution in [0.2, 0.25) is 0 Å². The molecule has 0 saturated heterocycles. The summed E-state index contributed by atoms with van der Waals surface area (Å²) in [6.07, 6.45) is 2.30. The first kappa shape index (κ1) is 14.8. The topological polar surface area (TPSA) is 42.6 Å². The molecule has 0 radical (unpaired) electrons. The normalized spacial score (nSPS) is 11.6. The van der Waals surface area contributed by atoms with E-state index in [1.807, 2.05) is 0 Å². The van der Waals surface area contributed by atoms with Gasteiger partial charge in [-0.3, -0.25) is 0 Å². The van der Waals surface area contributed by atoms with Gasteiger partial charge in [-0.2, -0.15) is 5.53 Å². The van der Waals surface area contributed by atoms with Crippen molar-refractivity contribution in [1.29, 1.82) is 0 Å². The molecule has 0 unspecified atom stereocenters. The summed E-state index contributed by atoms with van der Waals surface area (Å²) < 4.78 is 0. The van der Waals surface area contributed by atoms with E-state index in [9.17, 15) is 0 Å². The fourth-order valence-corrected chi connectivity index (χ4v) is 1.15. The van der Waals surface area contributed by atoms with Crippen LogP contribution in [-0.2, 0) is 0 Å². The Kier molecular flexibility index (Phi) is 10.2. The third kappa shape index (κ3) is 13.8. The molecule has 0 aromatic rings. The third-order valence-corrected chi connectivity index (χ3v) is 1.99. The van der Waals surface area contributed by atoms with E-state index in [-0.39, 0.29) is 0 Å². The Morgan fingerprint density at radius 1 is 0.733 bits per heavy atom. The molecule has 0 aromatic heterocycles. The van der Waals surface area contributed by atoms with E-state index in [2.05, 4.69) is 54.4 Å². The van der Waals surface area contributed by atoms with E-state index in [4.69, 9.17) is 0 Å². The molecule has 0 atom stereocenters. The summed E-state index contributed by atoms with van der Waals surface area (Å²) in [5.74, 6) is 0. The molecule has 0 heterocycles. The lowest BCUT2D eigenvalue weighted by molar-refractivity contribution is 0.355. The van der Waals surface area contributed by atoms with Crippen LogP contribution in [0.4, 0.5) is 0 Å². The number of hydrogen-bond acceptors (Lipinski definition) is 5. The first-order chi connectivity index (χ1) is 7.13. The van der Waals surface area contributed by atoms with Gasteiger partial charge in [-0.15, -0.1) is 0 Å². The lowest BCUT2D eigenvalue weighted by atomic mass is 10.4. The van der Waals surface area contributed by atoms with Gasteiger partial charge in [-0.05, 0) is 54.1 Å². The highest BCUT2D eigenvalue weighted by molar-refractivity contribution is 4.48. The van der Waals surface area contributed by atoms with Crippen molar-refractivity contribution in [2.45, 2.75) is 12.8 Å². The molecule has 0 fully saturated rings. The maximum Gasteiger partial charge on any atom is 0.0125 e. The molecule has 15 heavy (non-hydrogen) atoms. The molecular weight excluding hydrogens is 190 g/mol. The van der Waals surface area contributed by atoms with Crippen molar-refractivity contribution < 1.29 is 0 Å². The Morgan fingerprint density at radius 3 is 1.47 bits per heavy atom. The van der Waals surface area contributed by atoms with Crippen LogP contribution in [0.3, 0.4) is 0 Å². The quantitative estimate of drug-likeness (QED) is 0.340. The van der Waals surface area contributed by atoms with E-state index in [0.29, 0.717) is 0 Å². The Bertz CT molecular complexity index is 113. The summed E-state index contributed by atoms with van der Waals surface area (Å²) in [5.41, 5.74) is 9.25. The van der Waals surface area contributed by atoms with Gasteiger partial charge in [-0.1, -0.05) is 0 Å². The summed E-state index contributed by atoms with van der Waals surface area (Å²) in [6.45, 7) is 4.21. The zero-order chi connectivity index (χ0) is 11.5. The molecule has 0 spiro atoms. The van der Waals surface area contributed by atoms with Crippen LogP contribution in [-0.4, -0.2) is 64.2 Å². The van der Waals surface area contributed by atoms with Gasteiger partial charge in [0, 0.05) is 13.1 Å². The van der Waals surface area contributed by atoms with Crippen molar-refractivity contribution in [3.05, 3.63) is 0 Å². The van der Waals surface area contributed by atoms with Crippen LogP contribution in [0.5, 0.6) is 0 Å². The fraction of sp³-hybridized carbons (Fsp3) is 1.00. The molecular formula is C10H27N5. The number of rotatable bonds is 10. The van der Waals surface area contributed by atoms with E-state index in [1.165, 1.54) is 0 Å². The van der Waals surface area contributed by atoms with Gasteiger partial charge in [0.25, 0.3) is 0 Å². The molecule has 0 aliphatic carbocycles. The largest absolute Gasteiger partial charge is 0.309 e. The second-order valence-electron chi connectivity index (χ2n) is 4.29. The number of hydrazine groups is 2. The first-order valence-corrected chi connectivity index (χ1v) is 5.63. The molecule has 92 valence electrons. The highest BCUT2D eigenvalue weighted by atomic mass is 15.6. The zero-order valence-electron chi connectivity index (χ0n) is 10.6. The Morgan fingerprint density at radius 2 is 1.13 bits per heavy atom. The van der Waals surface area contributed by atoms with Crippen molar-refractivity contribution in [1.82, 2.24) is 26.2 Å². The average molecular weight is 217 g/mol. The fourth-order valence-electron chi connectivity index (χ4n) is 1.15. The third-order valence-electron chi connectivity index (χ3n) is 1.99. The van der Waals surface area contributed by atoms with Crippen molar-refractivity contribution in [2.75, 3.05) is 54.4 Å². The second kappa shape index (κ2) is 10.3. The smallest absolute Gasteiger partial charge is 0.0125 e. The van der Waals surface area contributed by atoms with E-state index in [1.54, 1.807) is 0 Å². The van der Waals surface area contributed by atoms with Crippen molar-refractivity contribution in [2.24, 2.45) is 0 Å². The molecule has 0 saturated carbocycles. The van der Waals surface area contributed by atoms with Crippen LogP contribution >= 0.6 is 0 Å². The van der Waals surface area contributed by atoms with Crippen LogP contribution in [0.15, 0.2) is 0 Å². The number of hydrogen-bond donors (Lipinski definition) is 3. The summed E-state index contributed by atoms with van der Waals surface area (Å²) >= 11 is 0. The summed E-state index contributed by atoms with van der Waals surface area (Å²) in [5, 5.41) is 0. The zero-order valence-corrected chi connectivity index (χ0v) is 10.6. The highest BCUT2D eigenvalue weighted by Gasteiger charge is 1.91. The van der Waals surface area contributed by atoms with Gasteiger partial charge in [0.05, 0.1) is 0 Å². The molecule has 3 N–H and O–H groups in total. The molecule has 0 aliphatic heterocycles. The average Bonchev–Trinajstić information content (AvgIpc) is 2.14. The van der Waals surface area contributed by atoms with Crippen LogP contribution in [0.1, 0.15) is 12.8 Å². The van der Waals surface area contributed by atoms with Gasteiger partial charge >= 0.3 is 0 Å². The molecule has 5 nitrogen and oxygen atoms in total. The van der Waals surface area contributed by atoms with Crippen molar-refractivity contribution in [3.8, 4) is 0 Å². The van der Waals surface area contributed by atoms with Gasteiger partial charge in [0.2, 0.25) is 0 Å². The van der Waals surface area contributed by atoms with Crippen LogP contribution in [0.25, 0.3) is 0 Å². The Balaban J connectivity index is 2.93. The first-order valence-electron chi connectivity index (χ1n) is 5.63. The Labute approximate surface area is 94.1 Å². The van der Waals surface area contributed by atoms with Crippen molar-refractivity contribution >= 4 is 0 Å². The summed E-state index contributed by atoms with van der Waals surface area (Å²) in [7, 11) is 8.36. The van der Waals surface area contributed by atoms with Crippen molar-refractivity contribution in [3.63, 3.8) is 0 Å². The second-order valence-corrected chi connectivity index (χ2v) is 4.29. The maximum atomic E-state index is 3.13. The number of nitrogens with zero attached hydrogens (tertiary/aromatic N) is 2. The maximum absolute atomic E-state index is 3.13. The monoisotopic (exact) mass is 217 g/mol. The minimum Gasteiger partial charge on any atom is -0.309 e. The summed E-state index contributed by atoms with van der Waals surface area (Å²) in [4.78, 5) is 4.37. The summed E-state index contributed by atoms with van der Waals surface area (Å²) in [6, 6.07) is 0. The van der Waals surface area contributed by atoms with Gasteiger partial charge in [-0.25, -0.2) is 10.9 Å². The van der Waals surface area contributed by atoms with E-state index in [0.717, 1.165) is 39.0 Å². The van der Waals surface area contributed by atoms with E-state index >= 15 is 0 Å². The minimum absolute atomic E-state index is 0.985. The molecule has 0 rings (SSSR count). The molecule has 0 aliphatic rings. The lowest BCUT2D eigenvalue weighted by Gasteiger charge is -2.12. The standard InChI is InChI=1S/C10H27N5/c1-14(2)9-5-7-11-13-12-8-6-10-15(3)4/h11-13H,5-10H2,1-4H3. The molecule has 0 bridgehead atoms. The van der Waals surface area contributed by atoms with Gasteiger partial charge in [0.15, 0.2) is 0 Å². The van der Waals surface area contributed by atoms with Gasteiger partial charge in [0.1, 0.15) is 0 Å². The predicted molar refractivity (Wildman–Crippen MR) is 65.5 cm³/mol. The Hall–Kier alpha value is -0.200. The van der Waals surface area contributed by atoms with Crippen LogP contribution in [0, 0.1) is 0 Å². The van der Waals surface area contributed by atoms with Crippen LogP contribution < -0.4 is 16.4 Å². The molecule has 5 heteroatoms. The van der Waals surface area contributed by atoms with E-state index < -0.39 is 0 Å².